The number of nitrogens with one attached hydrogen (secondary N) is 1. The van der Waals surface area contributed by atoms with Gasteiger partial charge >= 0.3 is 0 Å². The van der Waals surface area contributed by atoms with E-state index >= 15 is 0 Å². The first kappa shape index (κ1) is 18.4. The van der Waals surface area contributed by atoms with E-state index in [1.807, 2.05) is 18.2 Å². The third-order valence-corrected chi connectivity index (χ3v) is 4.27. The van der Waals surface area contributed by atoms with Gasteiger partial charge in [-0.3, -0.25) is 9.89 Å². The molecule has 7 nitrogen and oxygen atoms in total. The fourth-order valence-electron chi connectivity index (χ4n) is 2.74. The Balaban J connectivity index is 1.79. The summed E-state index contributed by atoms with van der Waals surface area (Å²) in [6.45, 7) is 9.46. The van der Waals surface area contributed by atoms with Crippen molar-refractivity contribution in [1.82, 2.24) is 9.80 Å². The zero-order valence-corrected chi connectivity index (χ0v) is 14.9. The molecule has 1 fully saturated rings. The molecule has 0 aliphatic carbocycles. The summed E-state index contributed by atoms with van der Waals surface area (Å²) in [7, 11) is 3.22. The van der Waals surface area contributed by atoms with Crippen molar-refractivity contribution in [2.75, 3.05) is 65.3 Å². The highest BCUT2D eigenvalue weighted by Crippen LogP contribution is 2.29. The van der Waals surface area contributed by atoms with Crippen molar-refractivity contribution in [1.29, 1.82) is 0 Å². The summed E-state index contributed by atoms with van der Waals surface area (Å²) in [4.78, 5) is 9.30. The van der Waals surface area contributed by atoms with Crippen molar-refractivity contribution in [2.45, 2.75) is 6.92 Å². The second kappa shape index (κ2) is 9.34. The van der Waals surface area contributed by atoms with E-state index in [9.17, 15) is 0 Å². The van der Waals surface area contributed by atoms with E-state index in [4.69, 9.17) is 15.2 Å². The molecule has 0 atom stereocenters. The normalized spacial score (nSPS) is 16.9. The summed E-state index contributed by atoms with van der Waals surface area (Å²) in [5.41, 5.74) is 6.79. The Morgan fingerprint density at radius 3 is 2.42 bits per heavy atom. The van der Waals surface area contributed by atoms with Crippen LogP contribution in [-0.2, 0) is 0 Å². The van der Waals surface area contributed by atoms with Crippen LogP contribution in [0, 0.1) is 0 Å². The maximum absolute atomic E-state index is 5.97. The molecule has 1 aliphatic heterocycles. The molecule has 1 heterocycles. The minimum Gasteiger partial charge on any atom is -0.493 e. The molecule has 0 spiro atoms. The highest BCUT2D eigenvalue weighted by Gasteiger charge is 2.14. The molecular weight excluding hydrogens is 306 g/mol. The highest BCUT2D eigenvalue weighted by atomic mass is 16.5. The van der Waals surface area contributed by atoms with Gasteiger partial charge < -0.3 is 25.4 Å². The smallest absolute Gasteiger partial charge is 0.193 e. The molecule has 2 rings (SSSR count). The minimum atomic E-state index is 0.411. The largest absolute Gasteiger partial charge is 0.493 e. The molecule has 1 aromatic carbocycles. The summed E-state index contributed by atoms with van der Waals surface area (Å²) in [6, 6.07) is 5.56. The van der Waals surface area contributed by atoms with Crippen molar-refractivity contribution in [3.8, 4) is 11.5 Å². The number of hydrogen-bond donors (Lipinski definition) is 2. The predicted octanol–water partition coefficient (Wildman–Crippen LogP) is 1.07. The molecule has 0 radical (unpaired) electrons. The Morgan fingerprint density at radius 1 is 1.12 bits per heavy atom. The van der Waals surface area contributed by atoms with Gasteiger partial charge in [-0.05, 0) is 18.7 Å². The summed E-state index contributed by atoms with van der Waals surface area (Å²) in [6.07, 6.45) is 0. The topological polar surface area (TPSA) is 75.4 Å². The number of benzene rings is 1. The first-order valence-corrected chi connectivity index (χ1v) is 8.40. The standard InChI is InChI=1S/C17H29N5O2/c1-4-21-9-11-22(12-10-21)8-7-19-17(18)20-14-5-6-15(23-2)16(13-14)24-3/h5-6,13H,4,7-12H2,1-3H3,(H3,18,19,20). The number of likely N-dealkylation sites (N-methyl/N-ethyl adjacent to an activating group) is 1. The first-order valence-electron chi connectivity index (χ1n) is 8.40. The Labute approximate surface area is 144 Å². The lowest BCUT2D eigenvalue weighted by molar-refractivity contribution is 0.140. The van der Waals surface area contributed by atoms with Crippen molar-refractivity contribution in [3.05, 3.63) is 18.2 Å². The number of nitrogens with two attached hydrogens (primary N) is 1. The van der Waals surface area contributed by atoms with Crippen LogP contribution in [-0.4, -0.2) is 75.8 Å². The fourth-order valence-corrected chi connectivity index (χ4v) is 2.74. The van der Waals surface area contributed by atoms with Crippen LogP contribution in [0.5, 0.6) is 11.5 Å². The van der Waals surface area contributed by atoms with Gasteiger partial charge in [0.05, 0.1) is 20.8 Å². The maximum atomic E-state index is 5.97. The van der Waals surface area contributed by atoms with Gasteiger partial charge in [0.1, 0.15) is 0 Å². The Hall–Kier alpha value is -1.99. The van der Waals surface area contributed by atoms with Gasteiger partial charge in [0, 0.05) is 44.5 Å². The Kier molecular flexibility index (Phi) is 7.14. The van der Waals surface area contributed by atoms with Gasteiger partial charge in [-0.25, -0.2) is 0 Å². The van der Waals surface area contributed by atoms with Crippen molar-refractivity contribution >= 4 is 11.6 Å². The monoisotopic (exact) mass is 335 g/mol. The molecule has 1 saturated heterocycles. The molecule has 1 aliphatic rings. The van der Waals surface area contributed by atoms with Crippen LogP contribution < -0.4 is 20.5 Å². The summed E-state index contributed by atoms with van der Waals surface area (Å²) < 4.78 is 10.5. The Bertz CT molecular complexity index is 542. The van der Waals surface area contributed by atoms with E-state index in [0.29, 0.717) is 24.0 Å². The number of rotatable bonds is 7. The van der Waals surface area contributed by atoms with Crippen LogP contribution in [0.1, 0.15) is 6.92 Å². The number of ether oxygens (including phenoxy) is 2. The van der Waals surface area contributed by atoms with Gasteiger partial charge in [0.2, 0.25) is 0 Å². The van der Waals surface area contributed by atoms with E-state index in [2.05, 4.69) is 27.0 Å². The van der Waals surface area contributed by atoms with Gasteiger partial charge in [-0.2, -0.15) is 0 Å². The molecule has 7 heteroatoms. The van der Waals surface area contributed by atoms with Gasteiger partial charge in [-0.1, -0.05) is 6.92 Å². The lowest BCUT2D eigenvalue weighted by atomic mass is 10.3. The maximum Gasteiger partial charge on any atom is 0.193 e. The molecule has 0 saturated carbocycles. The van der Waals surface area contributed by atoms with E-state index in [0.717, 1.165) is 45.0 Å². The highest BCUT2D eigenvalue weighted by molar-refractivity contribution is 5.92. The quantitative estimate of drug-likeness (QED) is 0.573. The van der Waals surface area contributed by atoms with Gasteiger partial charge in [0.25, 0.3) is 0 Å². The lowest BCUT2D eigenvalue weighted by Gasteiger charge is -2.33. The number of hydrogen-bond acceptors (Lipinski definition) is 5. The van der Waals surface area contributed by atoms with Crippen LogP contribution in [0.3, 0.4) is 0 Å². The third kappa shape index (κ3) is 5.28. The predicted molar refractivity (Wildman–Crippen MR) is 98.2 cm³/mol. The molecule has 0 bridgehead atoms. The second-order valence-corrected chi connectivity index (χ2v) is 5.74. The minimum absolute atomic E-state index is 0.411. The number of anilines is 1. The summed E-state index contributed by atoms with van der Waals surface area (Å²) >= 11 is 0. The third-order valence-electron chi connectivity index (χ3n) is 4.27. The average Bonchev–Trinajstić information content (AvgIpc) is 2.62. The zero-order valence-electron chi connectivity index (χ0n) is 14.9. The molecule has 3 N–H and O–H groups in total. The number of methoxy groups -OCH3 is 2. The first-order chi connectivity index (χ1) is 11.7. The molecule has 0 aromatic heterocycles. The van der Waals surface area contributed by atoms with E-state index < -0.39 is 0 Å². The van der Waals surface area contributed by atoms with Gasteiger partial charge in [0.15, 0.2) is 17.5 Å². The number of guanidine groups is 1. The lowest BCUT2D eigenvalue weighted by Crippen LogP contribution is -2.46. The zero-order chi connectivity index (χ0) is 17.4. The fraction of sp³-hybridized carbons (Fsp3) is 0.588. The summed E-state index contributed by atoms with van der Waals surface area (Å²) in [5, 5.41) is 3.09. The molecule has 24 heavy (non-hydrogen) atoms. The molecular formula is C17H29N5O2. The summed E-state index contributed by atoms with van der Waals surface area (Å²) in [5.74, 6) is 1.75. The second-order valence-electron chi connectivity index (χ2n) is 5.74. The van der Waals surface area contributed by atoms with Crippen LogP contribution in [0.4, 0.5) is 5.69 Å². The van der Waals surface area contributed by atoms with Crippen LogP contribution >= 0.6 is 0 Å². The van der Waals surface area contributed by atoms with E-state index in [-0.39, 0.29) is 0 Å². The average molecular weight is 335 g/mol. The van der Waals surface area contributed by atoms with Crippen molar-refractivity contribution in [2.24, 2.45) is 10.7 Å². The molecule has 0 amide bonds. The van der Waals surface area contributed by atoms with Crippen LogP contribution in [0.25, 0.3) is 0 Å². The number of piperazine rings is 1. The van der Waals surface area contributed by atoms with Crippen LogP contribution in [0.15, 0.2) is 23.2 Å². The van der Waals surface area contributed by atoms with Crippen LogP contribution in [0.2, 0.25) is 0 Å². The van der Waals surface area contributed by atoms with Gasteiger partial charge in [-0.15, -0.1) is 0 Å². The molecule has 1 aromatic rings. The Morgan fingerprint density at radius 2 is 1.79 bits per heavy atom. The SMILES string of the molecule is CCN1CCN(CCN=C(N)Nc2ccc(OC)c(OC)c2)CC1. The molecule has 134 valence electrons. The molecule has 0 unspecified atom stereocenters. The van der Waals surface area contributed by atoms with E-state index in [1.165, 1.54) is 0 Å². The number of nitrogens with zero attached hydrogens (tertiary/aromatic N) is 3. The van der Waals surface area contributed by atoms with Crippen molar-refractivity contribution < 1.29 is 9.47 Å². The van der Waals surface area contributed by atoms with E-state index in [1.54, 1.807) is 14.2 Å². The number of aliphatic imine (C=N–C) groups is 1. The van der Waals surface area contributed by atoms with Crippen molar-refractivity contribution in [3.63, 3.8) is 0 Å².